The van der Waals surface area contributed by atoms with Gasteiger partial charge in [0.05, 0.1) is 18.3 Å². The molecule has 1 aliphatic rings. The van der Waals surface area contributed by atoms with Crippen molar-refractivity contribution in [3.05, 3.63) is 53.3 Å². The van der Waals surface area contributed by atoms with Gasteiger partial charge in [-0.3, -0.25) is 9.48 Å². The highest BCUT2D eigenvalue weighted by Crippen LogP contribution is 2.11. The number of aromatic nitrogens is 2. The Morgan fingerprint density at radius 1 is 1.41 bits per heavy atom. The maximum atomic E-state index is 12.3. The number of amides is 1. The first-order valence-electron chi connectivity index (χ1n) is 7.32. The van der Waals surface area contributed by atoms with Gasteiger partial charge in [0, 0.05) is 18.3 Å². The van der Waals surface area contributed by atoms with Gasteiger partial charge in [0.25, 0.3) is 5.91 Å². The highest BCUT2D eigenvalue weighted by molar-refractivity contribution is 5.95. The van der Waals surface area contributed by atoms with E-state index >= 15 is 0 Å². The Balaban J connectivity index is 0.00000176. The largest absolute Gasteiger partial charge is 0.348 e. The third-order valence-corrected chi connectivity index (χ3v) is 3.92. The molecule has 0 bridgehead atoms. The number of nitrogens with one attached hydrogen (secondary N) is 2. The number of nitrogens with zero attached hydrogens (tertiary/aromatic N) is 2. The standard InChI is InChI=1S/C16H20N4O.ClH/c1-12-15(16(21)19-14-7-8-17-9-14)10-18-20(12)11-13-5-3-2-4-6-13;/h2-6,10,14,17H,7-9,11H2,1H3,(H,19,21);1H. The molecule has 1 saturated heterocycles. The van der Waals surface area contributed by atoms with Crippen LogP contribution in [0.2, 0.25) is 0 Å². The van der Waals surface area contributed by atoms with Gasteiger partial charge < -0.3 is 10.6 Å². The van der Waals surface area contributed by atoms with Crippen LogP contribution < -0.4 is 10.6 Å². The van der Waals surface area contributed by atoms with E-state index in [2.05, 4.69) is 27.9 Å². The molecule has 0 spiro atoms. The number of carbonyl (C=O) groups is 1. The highest BCUT2D eigenvalue weighted by atomic mass is 35.5. The molecule has 3 rings (SSSR count). The molecular formula is C16H21ClN4O. The lowest BCUT2D eigenvalue weighted by Gasteiger charge is -2.11. The maximum absolute atomic E-state index is 12.3. The minimum Gasteiger partial charge on any atom is -0.348 e. The summed E-state index contributed by atoms with van der Waals surface area (Å²) in [4.78, 5) is 12.3. The van der Waals surface area contributed by atoms with E-state index in [4.69, 9.17) is 0 Å². The zero-order valence-corrected chi connectivity index (χ0v) is 13.4. The fourth-order valence-electron chi connectivity index (χ4n) is 2.63. The molecular weight excluding hydrogens is 300 g/mol. The van der Waals surface area contributed by atoms with E-state index in [1.807, 2.05) is 29.8 Å². The fourth-order valence-corrected chi connectivity index (χ4v) is 2.63. The molecule has 6 heteroatoms. The van der Waals surface area contributed by atoms with Gasteiger partial charge in [0.1, 0.15) is 0 Å². The summed E-state index contributed by atoms with van der Waals surface area (Å²) in [6, 6.07) is 10.4. The van der Waals surface area contributed by atoms with Gasteiger partial charge in [-0.05, 0) is 25.5 Å². The van der Waals surface area contributed by atoms with E-state index in [1.54, 1.807) is 6.20 Å². The van der Waals surface area contributed by atoms with E-state index in [-0.39, 0.29) is 24.4 Å². The van der Waals surface area contributed by atoms with Crippen molar-refractivity contribution in [3.8, 4) is 0 Å². The lowest BCUT2D eigenvalue weighted by molar-refractivity contribution is 0.0939. The third-order valence-electron chi connectivity index (χ3n) is 3.92. The lowest BCUT2D eigenvalue weighted by Crippen LogP contribution is -2.36. The molecule has 2 aromatic rings. The number of hydrogen-bond acceptors (Lipinski definition) is 3. The summed E-state index contributed by atoms with van der Waals surface area (Å²) in [7, 11) is 0. The first-order valence-corrected chi connectivity index (χ1v) is 7.32. The van der Waals surface area contributed by atoms with E-state index < -0.39 is 0 Å². The first kappa shape index (κ1) is 16.5. The number of carbonyl (C=O) groups excluding carboxylic acids is 1. The van der Waals surface area contributed by atoms with E-state index in [0.717, 1.165) is 25.2 Å². The van der Waals surface area contributed by atoms with Crippen molar-refractivity contribution in [2.75, 3.05) is 13.1 Å². The van der Waals surface area contributed by atoms with Crippen LogP contribution in [0.15, 0.2) is 36.5 Å². The van der Waals surface area contributed by atoms with Crippen molar-refractivity contribution in [3.63, 3.8) is 0 Å². The summed E-state index contributed by atoms with van der Waals surface area (Å²) in [5.74, 6) is -0.0273. The van der Waals surface area contributed by atoms with E-state index in [0.29, 0.717) is 12.1 Å². The maximum Gasteiger partial charge on any atom is 0.255 e. The summed E-state index contributed by atoms with van der Waals surface area (Å²) < 4.78 is 1.87. The number of hydrogen-bond donors (Lipinski definition) is 2. The summed E-state index contributed by atoms with van der Waals surface area (Å²) in [6.07, 6.45) is 2.65. The second-order valence-electron chi connectivity index (χ2n) is 5.45. The molecule has 5 nitrogen and oxygen atoms in total. The van der Waals surface area contributed by atoms with Crippen LogP contribution >= 0.6 is 12.4 Å². The molecule has 1 aromatic carbocycles. The zero-order chi connectivity index (χ0) is 14.7. The van der Waals surface area contributed by atoms with Crippen LogP contribution in [0.1, 0.15) is 28.0 Å². The van der Waals surface area contributed by atoms with E-state index in [1.165, 1.54) is 5.56 Å². The van der Waals surface area contributed by atoms with Crippen molar-refractivity contribution in [1.82, 2.24) is 20.4 Å². The molecule has 1 unspecified atom stereocenters. The van der Waals surface area contributed by atoms with Gasteiger partial charge >= 0.3 is 0 Å². The van der Waals surface area contributed by atoms with Crippen molar-refractivity contribution in [2.24, 2.45) is 0 Å². The predicted octanol–water partition coefficient (Wildman–Crippen LogP) is 1.75. The molecule has 118 valence electrons. The topological polar surface area (TPSA) is 59.0 Å². The molecule has 0 radical (unpaired) electrons. The van der Waals surface area contributed by atoms with Crippen molar-refractivity contribution in [1.29, 1.82) is 0 Å². The molecule has 1 atom stereocenters. The van der Waals surface area contributed by atoms with Crippen LogP contribution in [0.5, 0.6) is 0 Å². The summed E-state index contributed by atoms with van der Waals surface area (Å²) >= 11 is 0. The van der Waals surface area contributed by atoms with Crippen molar-refractivity contribution in [2.45, 2.75) is 25.9 Å². The van der Waals surface area contributed by atoms with Gasteiger partial charge in [-0.15, -0.1) is 12.4 Å². The minimum absolute atomic E-state index is 0. The van der Waals surface area contributed by atoms with Crippen LogP contribution in [0.25, 0.3) is 0 Å². The van der Waals surface area contributed by atoms with Crippen LogP contribution in [-0.4, -0.2) is 34.8 Å². The SMILES string of the molecule is Cc1c(C(=O)NC2CCNC2)cnn1Cc1ccccc1.Cl. The summed E-state index contributed by atoms with van der Waals surface area (Å²) in [5.41, 5.74) is 2.75. The number of rotatable bonds is 4. The van der Waals surface area contributed by atoms with Gasteiger partial charge in [0.15, 0.2) is 0 Å². The Bertz CT molecular complexity index is 620. The summed E-state index contributed by atoms with van der Waals surface area (Å²) in [5, 5.41) is 10.7. The Kier molecular flexibility index (Phi) is 5.57. The van der Waals surface area contributed by atoms with Crippen LogP contribution in [-0.2, 0) is 6.54 Å². The molecule has 1 fully saturated rings. The Morgan fingerprint density at radius 2 is 2.18 bits per heavy atom. The third kappa shape index (κ3) is 3.67. The second-order valence-corrected chi connectivity index (χ2v) is 5.45. The predicted molar refractivity (Wildman–Crippen MR) is 88.5 cm³/mol. The second kappa shape index (κ2) is 7.42. The molecule has 22 heavy (non-hydrogen) atoms. The van der Waals surface area contributed by atoms with Crippen molar-refractivity contribution >= 4 is 18.3 Å². The van der Waals surface area contributed by atoms with Crippen LogP contribution in [0, 0.1) is 6.92 Å². The molecule has 1 aliphatic heterocycles. The smallest absolute Gasteiger partial charge is 0.255 e. The molecule has 0 aliphatic carbocycles. The normalized spacial score (nSPS) is 17.0. The molecule has 2 N–H and O–H groups in total. The fraction of sp³-hybridized carbons (Fsp3) is 0.375. The Hall–Kier alpha value is -1.85. The lowest BCUT2D eigenvalue weighted by atomic mass is 10.2. The van der Waals surface area contributed by atoms with E-state index in [9.17, 15) is 4.79 Å². The quantitative estimate of drug-likeness (QED) is 0.902. The van der Waals surface area contributed by atoms with Gasteiger partial charge in [-0.25, -0.2) is 0 Å². The number of benzene rings is 1. The van der Waals surface area contributed by atoms with Gasteiger partial charge in [0.2, 0.25) is 0 Å². The molecule has 1 aromatic heterocycles. The van der Waals surface area contributed by atoms with Crippen molar-refractivity contribution < 1.29 is 4.79 Å². The zero-order valence-electron chi connectivity index (χ0n) is 12.6. The Morgan fingerprint density at radius 3 is 2.86 bits per heavy atom. The number of halogens is 1. The van der Waals surface area contributed by atoms with Gasteiger partial charge in [-0.2, -0.15) is 5.10 Å². The first-order chi connectivity index (χ1) is 10.2. The Labute approximate surface area is 136 Å². The average molecular weight is 321 g/mol. The molecule has 1 amide bonds. The van der Waals surface area contributed by atoms with Crippen LogP contribution in [0.4, 0.5) is 0 Å². The minimum atomic E-state index is -0.0273. The average Bonchev–Trinajstić information content (AvgIpc) is 3.11. The summed E-state index contributed by atoms with van der Waals surface area (Å²) in [6.45, 7) is 4.45. The van der Waals surface area contributed by atoms with Crippen LogP contribution in [0.3, 0.4) is 0 Å². The molecule has 0 saturated carbocycles. The highest BCUT2D eigenvalue weighted by Gasteiger charge is 2.20. The molecule has 2 heterocycles. The monoisotopic (exact) mass is 320 g/mol. The van der Waals surface area contributed by atoms with Gasteiger partial charge in [-0.1, -0.05) is 30.3 Å².